The SMILES string of the molecule is COCc1ncsc1C(=O)N1CCC(c2ccc(O)cc2)CC1. The molecular formula is C17H20N2O3S. The zero-order chi connectivity index (χ0) is 16.2. The highest BCUT2D eigenvalue weighted by molar-refractivity contribution is 7.11. The average Bonchev–Trinajstić information content (AvgIpc) is 3.04. The second-order valence-electron chi connectivity index (χ2n) is 5.72. The molecule has 1 aromatic heterocycles. The first kappa shape index (κ1) is 16.0. The number of hydrogen-bond donors (Lipinski definition) is 1. The number of phenolic OH excluding ortho intramolecular Hbond substituents is 1. The number of piperidine rings is 1. The van der Waals surface area contributed by atoms with E-state index in [4.69, 9.17) is 4.74 Å². The molecule has 1 aromatic carbocycles. The number of aromatic nitrogens is 1. The van der Waals surface area contributed by atoms with Crippen LogP contribution in [0.25, 0.3) is 0 Å². The van der Waals surface area contributed by atoms with Gasteiger partial charge in [-0.1, -0.05) is 12.1 Å². The summed E-state index contributed by atoms with van der Waals surface area (Å²) in [6.45, 7) is 1.86. The van der Waals surface area contributed by atoms with E-state index in [1.807, 2.05) is 17.0 Å². The molecule has 0 unspecified atom stereocenters. The lowest BCUT2D eigenvalue weighted by Gasteiger charge is -2.32. The topological polar surface area (TPSA) is 62.7 Å². The van der Waals surface area contributed by atoms with Gasteiger partial charge < -0.3 is 14.7 Å². The minimum absolute atomic E-state index is 0.0590. The molecule has 1 N–H and O–H groups in total. The molecule has 0 saturated carbocycles. The van der Waals surface area contributed by atoms with E-state index in [0.717, 1.165) is 31.6 Å². The number of phenols is 1. The average molecular weight is 332 g/mol. The Hall–Kier alpha value is -1.92. The summed E-state index contributed by atoms with van der Waals surface area (Å²) in [7, 11) is 1.61. The van der Waals surface area contributed by atoms with Gasteiger partial charge in [0.15, 0.2) is 0 Å². The van der Waals surface area contributed by atoms with E-state index in [9.17, 15) is 9.90 Å². The largest absolute Gasteiger partial charge is 0.508 e. The van der Waals surface area contributed by atoms with Crippen LogP contribution in [0, 0.1) is 0 Å². The highest BCUT2D eigenvalue weighted by Crippen LogP contribution is 2.30. The van der Waals surface area contributed by atoms with E-state index < -0.39 is 0 Å². The summed E-state index contributed by atoms with van der Waals surface area (Å²) >= 11 is 1.38. The van der Waals surface area contributed by atoms with Crippen molar-refractivity contribution in [2.75, 3.05) is 20.2 Å². The number of methoxy groups -OCH3 is 1. The molecule has 0 spiro atoms. The number of carbonyl (C=O) groups is 1. The number of rotatable bonds is 4. The number of hydrogen-bond acceptors (Lipinski definition) is 5. The van der Waals surface area contributed by atoms with E-state index in [1.165, 1.54) is 16.9 Å². The smallest absolute Gasteiger partial charge is 0.265 e. The number of benzene rings is 1. The molecule has 2 aromatic rings. The van der Waals surface area contributed by atoms with Gasteiger partial charge in [-0.15, -0.1) is 11.3 Å². The van der Waals surface area contributed by atoms with Gasteiger partial charge in [0, 0.05) is 20.2 Å². The van der Waals surface area contributed by atoms with Crippen molar-refractivity contribution in [2.24, 2.45) is 0 Å². The zero-order valence-corrected chi connectivity index (χ0v) is 13.9. The normalized spacial score (nSPS) is 15.8. The Morgan fingerprint density at radius 1 is 1.35 bits per heavy atom. The third-order valence-electron chi connectivity index (χ3n) is 4.26. The summed E-state index contributed by atoms with van der Waals surface area (Å²) in [5.74, 6) is 0.792. The molecule has 0 bridgehead atoms. The molecule has 1 saturated heterocycles. The first-order valence-electron chi connectivity index (χ1n) is 7.68. The summed E-state index contributed by atoms with van der Waals surface area (Å²) in [6.07, 6.45) is 1.88. The van der Waals surface area contributed by atoms with E-state index in [0.29, 0.717) is 17.4 Å². The highest BCUT2D eigenvalue weighted by atomic mass is 32.1. The number of aromatic hydroxyl groups is 1. The van der Waals surface area contributed by atoms with Crippen LogP contribution in [0.1, 0.15) is 39.7 Å². The summed E-state index contributed by atoms with van der Waals surface area (Å²) in [4.78, 5) is 19.5. The molecule has 122 valence electrons. The highest BCUT2D eigenvalue weighted by Gasteiger charge is 2.27. The second kappa shape index (κ2) is 7.10. The molecule has 23 heavy (non-hydrogen) atoms. The first-order valence-corrected chi connectivity index (χ1v) is 8.56. The standard InChI is InChI=1S/C17H20N2O3S/c1-22-10-15-16(23-11-18-15)17(21)19-8-6-13(7-9-19)12-2-4-14(20)5-3-12/h2-5,11,13,20H,6-10H2,1H3. The summed E-state index contributed by atoms with van der Waals surface area (Å²) in [5, 5.41) is 9.38. The van der Waals surface area contributed by atoms with Crippen molar-refractivity contribution in [3.63, 3.8) is 0 Å². The Bertz CT molecular complexity index is 661. The van der Waals surface area contributed by atoms with Gasteiger partial charge in [-0.2, -0.15) is 0 Å². The van der Waals surface area contributed by atoms with E-state index in [2.05, 4.69) is 4.98 Å². The molecule has 2 heterocycles. The van der Waals surface area contributed by atoms with Gasteiger partial charge in [-0.25, -0.2) is 4.98 Å². The first-order chi connectivity index (χ1) is 11.2. The van der Waals surface area contributed by atoms with Crippen molar-refractivity contribution in [2.45, 2.75) is 25.4 Å². The van der Waals surface area contributed by atoms with Crippen molar-refractivity contribution in [1.82, 2.24) is 9.88 Å². The van der Waals surface area contributed by atoms with Crippen LogP contribution in [0.4, 0.5) is 0 Å². The Morgan fingerprint density at radius 2 is 2.04 bits per heavy atom. The monoisotopic (exact) mass is 332 g/mol. The van der Waals surface area contributed by atoms with Crippen molar-refractivity contribution in [3.05, 3.63) is 45.9 Å². The molecular weight excluding hydrogens is 312 g/mol. The summed E-state index contributed by atoms with van der Waals surface area (Å²) in [5.41, 5.74) is 3.65. The minimum atomic E-state index is 0.0590. The number of likely N-dealkylation sites (tertiary alicyclic amines) is 1. The van der Waals surface area contributed by atoms with Crippen LogP contribution in [0.2, 0.25) is 0 Å². The molecule has 1 amide bonds. The van der Waals surface area contributed by atoms with Crippen molar-refractivity contribution in [1.29, 1.82) is 0 Å². The molecule has 6 heteroatoms. The van der Waals surface area contributed by atoms with Crippen LogP contribution in [0.3, 0.4) is 0 Å². The van der Waals surface area contributed by atoms with E-state index in [-0.39, 0.29) is 11.7 Å². The maximum absolute atomic E-state index is 12.7. The maximum atomic E-state index is 12.7. The summed E-state index contributed by atoms with van der Waals surface area (Å²) < 4.78 is 5.10. The number of thiazole rings is 1. The molecule has 1 aliphatic heterocycles. The third kappa shape index (κ3) is 3.54. The number of nitrogens with zero attached hydrogens (tertiary/aromatic N) is 2. The Kier molecular flexibility index (Phi) is 4.93. The van der Waals surface area contributed by atoms with Crippen LogP contribution < -0.4 is 0 Å². The fraction of sp³-hybridized carbons (Fsp3) is 0.412. The molecule has 0 atom stereocenters. The van der Waals surface area contributed by atoms with Crippen molar-refractivity contribution >= 4 is 17.2 Å². The Labute approximate surface area is 139 Å². The predicted molar refractivity (Wildman–Crippen MR) is 88.8 cm³/mol. The Morgan fingerprint density at radius 3 is 2.70 bits per heavy atom. The fourth-order valence-electron chi connectivity index (χ4n) is 2.99. The third-order valence-corrected chi connectivity index (χ3v) is 5.12. The number of amides is 1. The lowest BCUT2D eigenvalue weighted by atomic mass is 9.89. The van der Waals surface area contributed by atoms with Crippen molar-refractivity contribution < 1.29 is 14.6 Å². The molecule has 0 radical (unpaired) electrons. The maximum Gasteiger partial charge on any atom is 0.265 e. The van der Waals surface area contributed by atoms with Crippen LogP contribution in [0.5, 0.6) is 5.75 Å². The zero-order valence-electron chi connectivity index (χ0n) is 13.1. The lowest BCUT2D eigenvalue weighted by Crippen LogP contribution is -2.38. The van der Waals surface area contributed by atoms with E-state index >= 15 is 0 Å². The number of carbonyl (C=O) groups excluding carboxylic acids is 1. The molecule has 1 aliphatic rings. The second-order valence-corrected chi connectivity index (χ2v) is 6.57. The van der Waals surface area contributed by atoms with Gasteiger partial charge in [-0.3, -0.25) is 4.79 Å². The number of ether oxygens (including phenoxy) is 1. The van der Waals surface area contributed by atoms with Gasteiger partial charge >= 0.3 is 0 Å². The van der Waals surface area contributed by atoms with Crippen LogP contribution in [0.15, 0.2) is 29.8 Å². The van der Waals surface area contributed by atoms with E-state index in [1.54, 1.807) is 24.8 Å². The van der Waals surface area contributed by atoms with Gasteiger partial charge in [0.2, 0.25) is 0 Å². The molecule has 1 fully saturated rings. The van der Waals surface area contributed by atoms with Gasteiger partial charge in [-0.05, 0) is 36.5 Å². The molecule has 5 nitrogen and oxygen atoms in total. The van der Waals surface area contributed by atoms with Crippen LogP contribution in [-0.2, 0) is 11.3 Å². The van der Waals surface area contributed by atoms with Gasteiger partial charge in [0.05, 0.1) is 17.8 Å². The minimum Gasteiger partial charge on any atom is -0.508 e. The fourth-order valence-corrected chi connectivity index (χ4v) is 3.75. The van der Waals surface area contributed by atoms with Crippen molar-refractivity contribution in [3.8, 4) is 5.75 Å². The molecule has 0 aliphatic carbocycles. The quantitative estimate of drug-likeness (QED) is 0.935. The van der Waals surface area contributed by atoms with Gasteiger partial charge in [0.25, 0.3) is 5.91 Å². The van der Waals surface area contributed by atoms with Crippen LogP contribution in [-0.4, -0.2) is 41.1 Å². The lowest BCUT2D eigenvalue weighted by molar-refractivity contribution is 0.0713. The predicted octanol–water partition coefficient (Wildman–Crippen LogP) is 3.01. The summed E-state index contributed by atoms with van der Waals surface area (Å²) in [6, 6.07) is 7.39. The van der Waals surface area contributed by atoms with Crippen LogP contribution >= 0.6 is 11.3 Å². The molecule has 3 rings (SSSR count). The van der Waals surface area contributed by atoms with Gasteiger partial charge in [0.1, 0.15) is 10.6 Å². The Balaban J connectivity index is 1.63.